The highest BCUT2D eigenvalue weighted by Gasteiger charge is 2.25. The second-order valence-corrected chi connectivity index (χ2v) is 5.32. The molecule has 0 amide bonds. The summed E-state index contributed by atoms with van der Waals surface area (Å²) in [6.07, 6.45) is 1.97. The predicted octanol–water partition coefficient (Wildman–Crippen LogP) is 2.02. The number of phenolic OH excluding ortho intramolecular Hbond substituents is 1. The summed E-state index contributed by atoms with van der Waals surface area (Å²) in [7, 11) is 1.51. The Bertz CT molecular complexity index is 519. The van der Waals surface area contributed by atoms with Crippen molar-refractivity contribution in [1.29, 1.82) is 5.26 Å². The van der Waals surface area contributed by atoms with Crippen LogP contribution in [0.2, 0.25) is 0 Å². The van der Waals surface area contributed by atoms with Crippen LogP contribution in [0.4, 0.5) is 0 Å². The summed E-state index contributed by atoms with van der Waals surface area (Å²) in [4.78, 5) is 2.37. The van der Waals surface area contributed by atoms with Gasteiger partial charge in [0.05, 0.1) is 18.7 Å². The average molecular weight is 289 g/mol. The van der Waals surface area contributed by atoms with Crippen molar-refractivity contribution in [3.8, 4) is 17.6 Å². The highest BCUT2D eigenvalue weighted by Crippen LogP contribution is 2.39. The van der Waals surface area contributed by atoms with E-state index in [1.54, 1.807) is 12.1 Å². The molecule has 2 N–H and O–H groups in total. The van der Waals surface area contributed by atoms with Crippen LogP contribution in [0.25, 0.3) is 0 Å². The highest BCUT2D eigenvalue weighted by molar-refractivity contribution is 5.52. The third-order valence-electron chi connectivity index (χ3n) is 3.97. The minimum Gasteiger partial charge on any atom is -0.504 e. The molecule has 21 heavy (non-hydrogen) atoms. The third kappa shape index (κ3) is 3.46. The molecule has 0 aromatic heterocycles. The molecular weight excluding hydrogens is 266 g/mol. The van der Waals surface area contributed by atoms with Gasteiger partial charge in [0, 0.05) is 43.9 Å². The predicted molar refractivity (Wildman–Crippen MR) is 81.5 cm³/mol. The van der Waals surface area contributed by atoms with Gasteiger partial charge < -0.3 is 15.2 Å². The first-order valence-electron chi connectivity index (χ1n) is 7.47. The number of benzene rings is 1. The van der Waals surface area contributed by atoms with Crippen LogP contribution in [0.5, 0.6) is 11.5 Å². The lowest BCUT2D eigenvalue weighted by molar-refractivity contribution is 0.161. The summed E-state index contributed by atoms with van der Waals surface area (Å²) >= 11 is 0. The molecule has 1 saturated heterocycles. The van der Waals surface area contributed by atoms with E-state index in [1.807, 2.05) is 0 Å². The van der Waals surface area contributed by atoms with Crippen LogP contribution in [0.1, 0.15) is 36.9 Å². The number of nitrogens with zero attached hydrogens (tertiary/aromatic N) is 2. The number of piperazine rings is 1. The van der Waals surface area contributed by atoms with E-state index >= 15 is 0 Å². The van der Waals surface area contributed by atoms with Crippen LogP contribution < -0.4 is 10.1 Å². The minimum absolute atomic E-state index is 0.124. The quantitative estimate of drug-likeness (QED) is 0.868. The van der Waals surface area contributed by atoms with Crippen LogP contribution in [0, 0.1) is 11.3 Å². The van der Waals surface area contributed by atoms with Crippen molar-refractivity contribution >= 4 is 0 Å². The largest absolute Gasteiger partial charge is 0.504 e. The monoisotopic (exact) mass is 289 g/mol. The Hall–Kier alpha value is -1.77. The number of rotatable bonds is 5. The first kappa shape index (κ1) is 15.6. The smallest absolute Gasteiger partial charge is 0.162 e. The van der Waals surface area contributed by atoms with Gasteiger partial charge >= 0.3 is 0 Å². The molecule has 0 saturated carbocycles. The zero-order valence-electron chi connectivity index (χ0n) is 12.7. The van der Waals surface area contributed by atoms with Crippen LogP contribution in [0.15, 0.2) is 12.1 Å². The van der Waals surface area contributed by atoms with E-state index in [2.05, 4.69) is 23.2 Å². The first-order chi connectivity index (χ1) is 10.2. The first-order valence-corrected chi connectivity index (χ1v) is 7.47. The Morgan fingerprint density at radius 2 is 2.14 bits per heavy atom. The van der Waals surface area contributed by atoms with E-state index in [9.17, 15) is 10.4 Å². The van der Waals surface area contributed by atoms with E-state index in [1.165, 1.54) is 7.11 Å². The van der Waals surface area contributed by atoms with Crippen LogP contribution >= 0.6 is 0 Å². The van der Waals surface area contributed by atoms with Gasteiger partial charge in [0.25, 0.3) is 0 Å². The van der Waals surface area contributed by atoms with Crippen molar-refractivity contribution in [2.75, 3.05) is 33.3 Å². The van der Waals surface area contributed by atoms with E-state index in [4.69, 9.17) is 4.74 Å². The average Bonchev–Trinajstić information content (AvgIpc) is 2.54. The molecule has 114 valence electrons. The Labute approximate surface area is 126 Å². The van der Waals surface area contributed by atoms with E-state index in [0.29, 0.717) is 11.3 Å². The Kier molecular flexibility index (Phi) is 5.43. The minimum atomic E-state index is 0.124. The SMILES string of the molecule is CCC[C@@H](c1cc(C#N)cc(OC)c1O)N1CCNCC1. The summed E-state index contributed by atoms with van der Waals surface area (Å²) in [5, 5.41) is 23.0. The highest BCUT2D eigenvalue weighted by atomic mass is 16.5. The van der Waals surface area contributed by atoms with E-state index in [-0.39, 0.29) is 11.8 Å². The van der Waals surface area contributed by atoms with Crippen LogP contribution in [-0.4, -0.2) is 43.3 Å². The summed E-state index contributed by atoms with van der Waals surface area (Å²) in [5.41, 5.74) is 1.32. The number of aromatic hydroxyl groups is 1. The zero-order chi connectivity index (χ0) is 15.2. The number of hydrogen-bond donors (Lipinski definition) is 2. The topological polar surface area (TPSA) is 68.5 Å². The number of nitrogens with one attached hydrogen (secondary N) is 1. The second kappa shape index (κ2) is 7.30. The van der Waals surface area contributed by atoms with Crippen molar-refractivity contribution in [3.05, 3.63) is 23.3 Å². The molecule has 1 heterocycles. The van der Waals surface area contributed by atoms with Crippen molar-refractivity contribution in [1.82, 2.24) is 10.2 Å². The van der Waals surface area contributed by atoms with Gasteiger partial charge in [-0.3, -0.25) is 4.90 Å². The molecule has 1 aromatic carbocycles. The van der Waals surface area contributed by atoms with Gasteiger partial charge in [0.1, 0.15) is 0 Å². The van der Waals surface area contributed by atoms with Crippen LogP contribution in [-0.2, 0) is 0 Å². The summed E-state index contributed by atoms with van der Waals surface area (Å²) in [6.45, 7) is 5.94. The van der Waals surface area contributed by atoms with Gasteiger partial charge in [-0.15, -0.1) is 0 Å². The fourth-order valence-electron chi connectivity index (χ4n) is 2.91. The lowest BCUT2D eigenvalue weighted by Crippen LogP contribution is -2.45. The van der Waals surface area contributed by atoms with E-state index in [0.717, 1.165) is 44.6 Å². The number of phenols is 1. The van der Waals surface area contributed by atoms with Gasteiger partial charge in [-0.2, -0.15) is 5.26 Å². The number of nitriles is 1. The molecular formula is C16H23N3O2. The molecule has 1 fully saturated rings. The summed E-state index contributed by atoms with van der Waals surface area (Å²) < 4.78 is 5.21. The molecule has 1 aliphatic rings. The maximum Gasteiger partial charge on any atom is 0.162 e. The van der Waals surface area contributed by atoms with Gasteiger partial charge in [-0.05, 0) is 12.5 Å². The molecule has 5 heteroatoms. The molecule has 0 bridgehead atoms. The molecule has 5 nitrogen and oxygen atoms in total. The molecule has 0 spiro atoms. The van der Waals surface area contributed by atoms with Crippen molar-refractivity contribution < 1.29 is 9.84 Å². The molecule has 0 unspecified atom stereocenters. The number of methoxy groups -OCH3 is 1. The lowest BCUT2D eigenvalue weighted by atomic mass is 9.96. The van der Waals surface area contributed by atoms with Crippen molar-refractivity contribution in [2.45, 2.75) is 25.8 Å². The number of ether oxygens (including phenoxy) is 1. The summed E-state index contributed by atoms with van der Waals surface area (Å²) in [6, 6.07) is 5.65. The Balaban J connectivity index is 2.41. The summed E-state index contributed by atoms with van der Waals surface area (Å²) in [5.74, 6) is 0.536. The van der Waals surface area contributed by atoms with Gasteiger partial charge in [-0.1, -0.05) is 13.3 Å². The molecule has 1 atom stereocenters. The molecule has 1 aromatic rings. The molecule has 0 aliphatic carbocycles. The maximum absolute atomic E-state index is 10.5. The zero-order valence-corrected chi connectivity index (χ0v) is 12.7. The Morgan fingerprint density at radius 1 is 1.43 bits per heavy atom. The molecule has 1 aliphatic heterocycles. The van der Waals surface area contributed by atoms with Gasteiger partial charge in [0.2, 0.25) is 0 Å². The lowest BCUT2D eigenvalue weighted by Gasteiger charge is -2.35. The third-order valence-corrected chi connectivity index (χ3v) is 3.97. The van der Waals surface area contributed by atoms with Crippen molar-refractivity contribution in [3.63, 3.8) is 0 Å². The number of hydrogen-bond acceptors (Lipinski definition) is 5. The molecule has 2 rings (SSSR count). The van der Waals surface area contributed by atoms with Crippen LogP contribution in [0.3, 0.4) is 0 Å². The van der Waals surface area contributed by atoms with E-state index < -0.39 is 0 Å². The van der Waals surface area contributed by atoms with Gasteiger partial charge in [0.15, 0.2) is 11.5 Å². The van der Waals surface area contributed by atoms with Gasteiger partial charge in [-0.25, -0.2) is 0 Å². The molecule has 0 radical (unpaired) electrons. The second-order valence-electron chi connectivity index (χ2n) is 5.32. The maximum atomic E-state index is 10.5. The Morgan fingerprint density at radius 3 is 2.71 bits per heavy atom. The fourth-order valence-corrected chi connectivity index (χ4v) is 2.91. The normalized spacial score (nSPS) is 17.2. The van der Waals surface area contributed by atoms with Crippen molar-refractivity contribution in [2.24, 2.45) is 0 Å². The standard InChI is InChI=1S/C16H23N3O2/c1-3-4-14(19-7-5-18-6-8-19)13-9-12(11-17)10-15(21-2)16(13)20/h9-10,14,18,20H,3-8H2,1-2H3/t14-/m0/s1. The fraction of sp³-hybridized carbons (Fsp3) is 0.562.